The van der Waals surface area contributed by atoms with Gasteiger partial charge in [0.05, 0.1) is 4.91 Å². The van der Waals surface area contributed by atoms with E-state index in [1.54, 1.807) is 18.2 Å². The molecule has 1 N–H and O–H groups in total. The summed E-state index contributed by atoms with van der Waals surface area (Å²) in [5.74, 6) is 0.281. The number of hydrogen-bond acceptors (Lipinski definition) is 5. The van der Waals surface area contributed by atoms with Crippen LogP contribution in [0.15, 0.2) is 47.4 Å². The van der Waals surface area contributed by atoms with Crippen molar-refractivity contribution in [3.8, 4) is 0 Å². The Bertz CT molecular complexity index is 1050. The van der Waals surface area contributed by atoms with E-state index in [1.807, 2.05) is 24.8 Å². The summed E-state index contributed by atoms with van der Waals surface area (Å²) in [4.78, 5) is 2.59. The maximum absolute atomic E-state index is 13.3. The standard InChI is InChI=1S/C23H29F3N2O3S2/c1-16(2)14-19-15-27(33(30,31)21-7-5-4-6-20(21)32)12-13-28(19)18-10-8-17(9-11-18)22(3,29)23(24,25)26/h4-5,7-11,16,19,29H,6,12-15H2,1-3H3/t19-,22-/m1/s1. The van der Waals surface area contributed by atoms with Crippen LogP contribution in [-0.2, 0) is 15.6 Å². The number of alkyl halides is 3. The van der Waals surface area contributed by atoms with Gasteiger partial charge in [-0.2, -0.15) is 17.5 Å². The van der Waals surface area contributed by atoms with Gasteiger partial charge in [0.2, 0.25) is 10.0 Å². The second kappa shape index (κ2) is 9.48. The lowest BCUT2D eigenvalue weighted by molar-refractivity contribution is -0.258. The van der Waals surface area contributed by atoms with E-state index in [2.05, 4.69) is 0 Å². The molecule has 182 valence electrons. The maximum atomic E-state index is 13.3. The van der Waals surface area contributed by atoms with Crippen molar-refractivity contribution < 1.29 is 26.7 Å². The van der Waals surface area contributed by atoms with Gasteiger partial charge >= 0.3 is 6.18 Å². The summed E-state index contributed by atoms with van der Waals surface area (Å²) in [6, 6.07) is 5.50. The largest absolute Gasteiger partial charge is 0.421 e. The summed E-state index contributed by atoms with van der Waals surface area (Å²) < 4.78 is 67.5. The van der Waals surface area contributed by atoms with Gasteiger partial charge in [-0.3, -0.25) is 0 Å². The second-order valence-corrected chi connectivity index (χ2v) is 11.4. The van der Waals surface area contributed by atoms with Gasteiger partial charge in [-0.05, 0) is 43.0 Å². The third kappa shape index (κ3) is 5.34. The third-order valence-corrected chi connectivity index (χ3v) is 8.55. The van der Waals surface area contributed by atoms with Crippen LogP contribution >= 0.6 is 12.2 Å². The van der Waals surface area contributed by atoms with Crippen LogP contribution in [-0.4, -0.2) is 54.5 Å². The molecule has 0 saturated carbocycles. The van der Waals surface area contributed by atoms with E-state index in [0.717, 1.165) is 6.92 Å². The van der Waals surface area contributed by atoms with Crippen molar-refractivity contribution in [3.05, 3.63) is 53.0 Å². The first-order chi connectivity index (χ1) is 15.2. The maximum Gasteiger partial charge on any atom is 0.421 e. The highest BCUT2D eigenvalue weighted by Gasteiger charge is 2.51. The van der Waals surface area contributed by atoms with Crippen molar-refractivity contribution in [1.82, 2.24) is 4.31 Å². The Labute approximate surface area is 198 Å². The molecule has 0 bridgehead atoms. The molecule has 5 nitrogen and oxygen atoms in total. The number of halogens is 3. The van der Waals surface area contributed by atoms with Crippen molar-refractivity contribution in [3.63, 3.8) is 0 Å². The molecule has 2 aliphatic rings. The average Bonchev–Trinajstić information content (AvgIpc) is 2.73. The molecule has 0 amide bonds. The van der Waals surface area contributed by atoms with Crippen molar-refractivity contribution in [2.24, 2.45) is 5.92 Å². The highest BCUT2D eigenvalue weighted by Crippen LogP contribution is 2.39. The fourth-order valence-corrected chi connectivity index (χ4v) is 6.24. The molecule has 2 atom stereocenters. The molecule has 1 saturated heterocycles. The molecule has 1 fully saturated rings. The molecule has 1 aromatic rings. The summed E-state index contributed by atoms with van der Waals surface area (Å²) in [7, 11) is -3.73. The Morgan fingerprint density at radius 3 is 2.36 bits per heavy atom. The molecular weight excluding hydrogens is 473 g/mol. The zero-order chi connectivity index (χ0) is 24.6. The summed E-state index contributed by atoms with van der Waals surface area (Å²) in [5.41, 5.74) is -2.50. The molecule has 0 unspecified atom stereocenters. The predicted molar refractivity (Wildman–Crippen MR) is 128 cm³/mol. The number of thiocarbonyl (C=S) groups is 1. The first-order valence-corrected chi connectivity index (χ1v) is 12.7. The molecule has 1 aliphatic carbocycles. The first kappa shape index (κ1) is 25.9. The summed E-state index contributed by atoms with van der Waals surface area (Å²) in [6.45, 7) is 5.70. The number of piperazine rings is 1. The normalized spacial score (nSPS) is 22.4. The fraction of sp³-hybridized carbons (Fsp3) is 0.522. The lowest BCUT2D eigenvalue weighted by Crippen LogP contribution is -2.55. The monoisotopic (exact) mass is 502 g/mol. The number of hydrogen-bond donors (Lipinski definition) is 1. The van der Waals surface area contributed by atoms with Gasteiger partial charge in [0.1, 0.15) is 0 Å². The smallest absolute Gasteiger partial charge is 0.376 e. The topological polar surface area (TPSA) is 60.9 Å². The van der Waals surface area contributed by atoms with Crippen molar-refractivity contribution >= 4 is 32.8 Å². The number of aliphatic hydroxyl groups is 1. The van der Waals surface area contributed by atoms with Gasteiger partial charge in [-0.25, -0.2) is 8.42 Å². The molecule has 3 rings (SSSR count). The molecule has 0 spiro atoms. The highest BCUT2D eigenvalue weighted by atomic mass is 32.2. The zero-order valence-corrected chi connectivity index (χ0v) is 20.5. The number of sulfonamides is 1. The number of benzene rings is 1. The SMILES string of the molecule is CC(C)C[C@@H]1CN(S(=O)(=O)C2=CC=CCC2=S)CCN1c1ccc([C@@](C)(O)C(F)(F)F)cc1. The number of nitrogens with zero attached hydrogens (tertiary/aromatic N) is 2. The Balaban J connectivity index is 1.85. The van der Waals surface area contributed by atoms with Gasteiger partial charge in [-0.1, -0.05) is 50.4 Å². The van der Waals surface area contributed by atoms with Crippen LogP contribution in [0.5, 0.6) is 0 Å². The quantitative estimate of drug-likeness (QED) is 0.579. The van der Waals surface area contributed by atoms with Crippen LogP contribution in [0.4, 0.5) is 18.9 Å². The van der Waals surface area contributed by atoms with Gasteiger partial charge in [0, 0.05) is 42.6 Å². The number of allylic oxidation sites excluding steroid dienone is 4. The van der Waals surface area contributed by atoms with Crippen LogP contribution in [0.1, 0.15) is 39.2 Å². The third-order valence-electron chi connectivity index (χ3n) is 6.08. The lowest BCUT2D eigenvalue weighted by Gasteiger charge is -2.43. The molecule has 1 aliphatic heterocycles. The minimum absolute atomic E-state index is 0.157. The van der Waals surface area contributed by atoms with Crippen molar-refractivity contribution in [2.75, 3.05) is 24.5 Å². The van der Waals surface area contributed by atoms with Crippen LogP contribution in [0, 0.1) is 5.92 Å². The molecular formula is C23H29F3N2O3S2. The summed E-state index contributed by atoms with van der Waals surface area (Å²) in [5, 5.41) is 9.93. The second-order valence-electron chi connectivity index (χ2n) is 9.04. The highest BCUT2D eigenvalue weighted by molar-refractivity contribution is 7.96. The van der Waals surface area contributed by atoms with Gasteiger partial charge in [-0.15, -0.1) is 0 Å². The molecule has 0 radical (unpaired) electrons. The van der Waals surface area contributed by atoms with Crippen molar-refractivity contribution in [2.45, 2.75) is 51.4 Å². The minimum Gasteiger partial charge on any atom is -0.376 e. The minimum atomic E-state index is -4.79. The number of anilines is 1. The fourth-order valence-electron chi connectivity index (χ4n) is 4.16. The summed E-state index contributed by atoms with van der Waals surface area (Å²) >= 11 is 5.28. The first-order valence-electron chi connectivity index (χ1n) is 10.8. The lowest BCUT2D eigenvalue weighted by atomic mass is 9.94. The van der Waals surface area contributed by atoms with E-state index in [-0.39, 0.29) is 35.5 Å². The van der Waals surface area contributed by atoms with E-state index in [1.165, 1.54) is 22.5 Å². The van der Waals surface area contributed by atoms with E-state index in [0.29, 0.717) is 29.9 Å². The Morgan fingerprint density at radius 2 is 1.82 bits per heavy atom. The van der Waals surface area contributed by atoms with E-state index < -0.39 is 21.8 Å². The van der Waals surface area contributed by atoms with Gasteiger partial charge < -0.3 is 10.0 Å². The molecule has 10 heteroatoms. The van der Waals surface area contributed by atoms with E-state index in [9.17, 15) is 26.7 Å². The molecule has 1 aromatic carbocycles. The Hall–Kier alpha value is -1.75. The van der Waals surface area contributed by atoms with Crippen molar-refractivity contribution in [1.29, 1.82) is 0 Å². The Kier molecular flexibility index (Phi) is 7.43. The summed E-state index contributed by atoms with van der Waals surface area (Å²) in [6.07, 6.45) is 1.39. The Morgan fingerprint density at radius 1 is 1.18 bits per heavy atom. The van der Waals surface area contributed by atoms with Gasteiger partial charge in [0.15, 0.2) is 5.60 Å². The molecule has 0 aromatic heterocycles. The average molecular weight is 503 g/mol. The van der Waals surface area contributed by atoms with Crippen LogP contribution in [0.2, 0.25) is 0 Å². The van der Waals surface area contributed by atoms with E-state index in [4.69, 9.17) is 12.2 Å². The zero-order valence-electron chi connectivity index (χ0n) is 18.8. The van der Waals surface area contributed by atoms with Crippen LogP contribution in [0.3, 0.4) is 0 Å². The van der Waals surface area contributed by atoms with E-state index >= 15 is 0 Å². The molecule has 1 heterocycles. The van der Waals surface area contributed by atoms with Crippen LogP contribution in [0.25, 0.3) is 0 Å². The van der Waals surface area contributed by atoms with Gasteiger partial charge in [0.25, 0.3) is 0 Å². The number of rotatable bonds is 6. The predicted octanol–water partition coefficient (Wildman–Crippen LogP) is 4.54. The van der Waals surface area contributed by atoms with Crippen LogP contribution < -0.4 is 4.90 Å². The molecule has 33 heavy (non-hydrogen) atoms.